The highest BCUT2D eigenvalue weighted by atomic mass is 35.5. The molecule has 0 radical (unpaired) electrons. The van der Waals surface area contributed by atoms with Crippen molar-refractivity contribution in [3.63, 3.8) is 0 Å². The van der Waals surface area contributed by atoms with Crippen molar-refractivity contribution in [3.05, 3.63) is 51.5 Å². The van der Waals surface area contributed by atoms with Crippen LogP contribution in [0.1, 0.15) is 30.7 Å². The molecule has 0 amide bonds. The maximum Gasteiger partial charge on any atom is 0.145 e. The van der Waals surface area contributed by atoms with Crippen LogP contribution in [0.5, 0.6) is 0 Å². The van der Waals surface area contributed by atoms with Crippen molar-refractivity contribution in [2.45, 2.75) is 32.4 Å². The number of hydrogen-bond acceptors (Lipinski definition) is 2. The maximum atomic E-state index is 13.9. The SMILES string of the molecule is CCCn1ncc(Cl)c1C(O)Cc1cccc(Cl)c1F. The minimum Gasteiger partial charge on any atom is -0.386 e. The summed E-state index contributed by atoms with van der Waals surface area (Å²) in [5.74, 6) is -0.508. The summed E-state index contributed by atoms with van der Waals surface area (Å²) in [5.41, 5.74) is 0.859. The molecule has 6 heteroatoms. The second kappa shape index (κ2) is 6.57. The van der Waals surface area contributed by atoms with Gasteiger partial charge in [0, 0.05) is 13.0 Å². The van der Waals surface area contributed by atoms with Gasteiger partial charge in [0.15, 0.2) is 0 Å². The van der Waals surface area contributed by atoms with Gasteiger partial charge in [-0.1, -0.05) is 42.3 Å². The molecule has 1 unspecified atom stereocenters. The smallest absolute Gasteiger partial charge is 0.145 e. The molecule has 1 aromatic carbocycles. The number of hydrogen-bond donors (Lipinski definition) is 1. The van der Waals surface area contributed by atoms with E-state index >= 15 is 0 Å². The summed E-state index contributed by atoms with van der Waals surface area (Å²) in [6.07, 6.45) is 1.53. The van der Waals surface area contributed by atoms with E-state index in [9.17, 15) is 9.50 Å². The first-order valence-electron chi connectivity index (χ1n) is 6.36. The summed E-state index contributed by atoms with van der Waals surface area (Å²) < 4.78 is 15.5. The number of rotatable bonds is 5. The van der Waals surface area contributed by atoms with Gasteiger partial charge >= 0.3 is 0 Å². The molecule has 0 aliphatic carbocycles. The fourth-order valence-electron chi connectivity index (χ4n) is 2.10. The number of halogens is 3. The van der Waals surface area contributed by atoms with E-state index in [0.717, 1.165) is 6.42 Å². The summed E-state index contributed by atoms with van der Waals surface area (Å²) in [6, 6.07) is 4.72. The van der Waals surface area contributed by atoms with E-state index in [1.807, 2.05) is 6.92 Å². The van der Waals surface area contributed by atoms with E-state index in [1.54, 1.807) is 16.8 Å². The van der Waals surface area contributed by atoms with E-state index in [0.29, 0.717) is 22.8 Å². The van der Waals surface area contributed by atoms with E-state index in [1.165, 1.54) is 12.3 Å². The maximum absolute atomic E-state index is 13.9. The lowest BCUT2D eigenvalue weighted by Gasteiger charge is -2.14. The number of aliphatic hydroxyl groups is 1. The summed E-state index contributed by atoms with van der Waals surface area (Å²) >= 11 is 11.8. The Morgan fingerprint density at radius 3 is 2.80 bits per heavy atom. The molecular weight excluding hydrogens is 302 g/mol. The van der Waals surface area contributed by atoms with Crippen LogP contribution in [0, 0.1) is 5.82 Å². The molecule has 2 rings (SSSR count). The van der Waals surface area contributed by atoms with Crippen LogP contribution >= 0.6 is 23.2 Å². The molecular formula is C14H15Cl2FN2O. The predicted octanol–water partition coefficient (Wildman–Crippen LogP) is 4.02. The molecule has 1 heterocycles. The molecule has 0 fully saturated rings. The zero-order valence-electron chi connectivity index (χ0n) is 11.0. The molecule has 1 atom stereocenters. The topological polar surface area (TPSA) is 38.0 Å². The Morgan fingerprint density at radius 2 is 2.10 bits per heavy atom. The minimum absolute atomic E-state index is 0.0443. The molecule has 0 saturated heterocycles. The molecule has 3 nitrogen and oxygen atoms in total. The van der Waals surface area contributed by atoms with Crippen molar-refractivity contribution < 1.29 is 9.50 Å². The third-order valence-corrected chi connectivity index (χ3v) is 3.61. The Kier molecular flexibility index (Phi) is 5.02. The van der Waals surface area contributed by atoms with Gasteiger partial charge in [-0.15, -0.1) is 0 Å². The minimum atomic E-state index is -0.926. The quantitative estimate of drug-likeness (QED) is 0.904. The molecule has 0 saturated carbocycles. The van der Waals surface area contributed by atoms with Gasteiger partial charge in [0.2, 0.25) is 0 Å². The van der Waals surface area contributed by atoms with Crippen LogP contribution in [0.3, 0.4) is 0 Å². The van der Waals surface area contributed by atoms with Crippen LogP contribution in [0.4, 0.5) is 4.39 Å². The van der Waals surface area contributed by atoms with E-state index in [-0.39, 0.29) is 11.4 Å². The molecule has 108 valence electrons. The standard InChI is InChI=1S/C14H15Cl2FN2O/c1-2-6-19-14(11(16)8-18-19)12(20)7-9-4-3-5-10(15)13(9)17/h3-5,8,12,20H,2,6-7H2,1H3. The third kappa shape index (κ3) is 3.14. The largest absolute Gasteiger partial charge is 0.386 e. The van der Waals surface area contributed by atoms with Gasteiger partial charge in [-0.05, 0) is 18.1 Å². The number of nitrogens with zero attached hydrogens (tertiary/aromatic N) is 2. The highest BCUT2D eigenvalue weighted by molar-refractivity contribution is 6.31. The molecule has 20 heavy (non-hydrogen) atoms. The first-order valence-corrected chi connectivity index (χ1v) is 7.12. The van der Waals surface area contributed by atoms with E-state index in [2.05, 4.69) is 5.10 Å². The van der Waals surface area contributed by atoms with Crippen molar-refractivity contribution in [2.24, 2.45) is 0 Å². The zero-order chi connectivity index (χ0) is 14.7. The average Bonchev–Trinajstić information content (AvgIpc) is 2.77. The van der Waals surface area contributed by atoms with Crippen LogP contribution in [-0.4, -0.2) is 14.9 Å². The summed E-state index contributed by atoms with van der Waals surface area (Å²) in [6.45, 7) is 2.65. The summed E-state index contributed by atoms with van der Waals surface area (Å²) in [5, 5.41) is 14.9. The number of aromatic nitrogens is 2. The lowest BCUT2D eigenvalue weighted by atomic mass is 10.0. The van der Waals surface area contributed by atoms with Crippen molar-refractivity contribution in [2.75, 3.05) is 0 Å². The Bertz CT molecular complexity index is 601. The Morgan fingerprint density at radius 1 is 1.35 bits per heavy atom. The molecule has 0 spiro atoms. The fraction of sp³-hybridized carbons (Fsp3) is 0.357. The molecule has 0 bridgehead atoms. The summed E-state index contributed by atoms with van der Waals surface area (Å²) in [4.78, 5) is 0. The lowest BCUT2D eigenvalue weighted by Crippen LogP contribution is -2.12. The fourth-order valence-corrected chi connectivity index (χ4v) is 2.57. The highest BCUT2D eigenvalue weighted by Crippen LogP contribution is 2.28. The average molecular weight is 317 g/mol. The number of benzene rings is 1. The van der Waals surface area contributed by atoms with Crippen LogP contribution in [0.15, 0.2) is 24.4 Å². The molecule has 1 aromatic heterocycles. The van der Waals surface area contributed by atoms with Crippen LogP contribution in [0.2, 0.25) is 10.0 Å². The van der Waals surface area contributed by atoms with Crippen LogP contribution in [-0.2, 0) is 13.0 Å². The predicted molar refractivity (Wildman–Crippen MR) is 77.6 cm³/mol. The highest BCUT2D eigenvalue weighted by Gasteiger charge is 2.20. The van der Waals surface area contributed by atoms with E-state index < -0.39 is 11.9 Å². The number of aryl methyl sites for hydroxylation is 1. The van der Waals surface area contributed by atoms with Crippen LogP contribution < -0.4 is 0 Å². The van der Waals surface area contributed by atoms with Gasteiger partial charge in [0.05, 0.1) is 21.9 Å². The van der Waals surface area contributed by atoms with Gasteiger partial charge in [0.1, 0.15) is 11.9 Å². The van der Waals surface area contributed by atoms with Crippen molar-refractivity contribution in [1.82, 2.24) is 9.78 Å². The first kappa shape index (κ1) is 15.3. The van der Waals surface area contributed by atoms with Gasteiger partial charge in [-0.3, -0.25) is 4.68 Å². The van der Waals surface area contributed by atoms with Crippen molar-refractivity contribution in [1.29, 1.82) is 0 Å². The van der Waals surface area contributed by atoms with Gasteiger partial charge in [0.25, 0.3) is 0 Å². The first-order chi connectivity index (χ1) is 9.54. The van der Waals surface area contributed by atoms with E-state index in [4.69, 9.17) is 23.2 Å². The van der Waals surface area contributed by atoms with Crippen molar-refractivity contribution in [3.8, 4) is 0 Å². The van der Waals surface area contributed by atoms with Gasteiger partial charge in [-0.2, -0.15) is 5.10 Å². The molecule has 2 aromatic rings. The lowest BCUT2D eigenvalue weighted by molar-refractivity contribution is 0.165. The third-order valence-electron chi connectivity index (χ3n) is 3.03. The normalized spacial score (nSPS) is 12.7. The molecule has 1 N–H and O–H groups in total. The van der Waals surface area contributed by atoms with Gasteiger partial charge < -0.3 is 5.11 Å². The molecule has 0 aliphatic heterocycles. The van der Waals surface area contributed by atoms with Crippen LogP contribution in [0.25, 0.3) is 0 Å². The van der Waals surface area contributed by atoms with Gasteiger partial charge in [-0.25, -0.2) is 4.39 Å². The van der Waals surface area contributed by atoms with Crippen molar-refractivity contribution >= 4 is 23.2 Å². The second-order valence-corrected chi connectivity index (χ2v) is 5.35. The Hall–Kier alpha value is -1.10. The monoisotopic (exact) mass is 316 g/mol. The summed E-state index contributed by atoms with van der Waals surface area (Å²) in [7, 11) is 0. The Balaban J connectivity index is 2.26. The molecule has 0 aliphatic rings. The number of aliphatic hydroxyl groups excluding tert-OH is 1. The second-order valence-electron chi connectivity index (χ2n) is 4.53. The Labute approximate surface area is 126 Å². The zero-order valence-corrected chi connectivity index (χ0v) is 12.5.